The number of anilines is 2. The van der Waals surface area contributed by atoms with Gasteiger partial charge in [-0.05, 0) is 81.0 Å². The molecule has 1 spiro atoms. The van der Waals surface area contributed by atoms with Crippen LogP contribution in [0.1, 0.15) is 83.8 Å². The third-order valence-corrected chi connectivity index (χ3v) is 8.10. The minimum Gasteiger partial charge on any atom is -0.396 e. The monoisotopic (exact) mass is 550 g/mol. The Kier molecular flexibility index (Phi) is 15.7. The van der Waals surface area contributed by atoms with Gasteiger partial charge in [0.1, 0.15) is 12.6 Å². The molecule has 2 aromatic rings. The van der Waals surface area contributed by atoms with E-state index in [1.54, 1.807) is 23.6 Å². The SMILES string of the molecule is C=O.CC.CCCO.CCCc1cc(C)c(F)cc1NCC12CCCN1CC1(CC1)C2.CNc1nccs1. The molecule has 6 nitrogen and oxygen atoms in total. The first-order valence-electron chi connectivity index (χ1n) is 14.2. The number of fused-ring (bicyclic) bond motifs is 1. The molecule has 216 valence electrons. The van der Waals surface area contributed by atoms with Crippen LogP contribution in [0.4, 0.5) is 15.2 Å². The fourth-order valence-electron chi connectivity index (χ4n) is 5.36. The van der Waals surface area contributed by atoms with Gasteiger partial charge in [0, 0.05) is 49.5 Å². The minimum absolute atomic E-state index is 0.0850. The number of carbonyl (C=O) groups is 1. The third-order valence-electron chi connectivity index (χ3n) is 7.31. The number of halogens is 1. The number of rotatable bonds is 7. The highest BCUT2D eigenvalue weighted by Crippen LogP contribution is 2.60. The van der Waals surface area contributed by atoms with Gasteiger partial charge in [-0.2, -0.15) is 0 Å². The van der Waals surface area contributed by atoms with Crippen LogP contribution in [0.15, 0.2) is 23.7 Å². The molecular weight excluding hydrogens is 499 g/mol. The first-order chi connectivity index (χ1) is 18.4. The predicted octanol–water partition coefficient (Wildman–Crippen LogP) is 6.93. The summed E-state index contributed by atoms with van der Waals surface area (Å²) in [5, 5.41) is 17.4. The molecule has 2 saturated heterocycles. The van der Waals surface area contributed by atoms with Gasteiger partial charge in [-0.3, -0.25) is 4.90 Å². The van der Waals surface area contributed by atoms with Crippen molar-refractivity contribution in [2.24, 2.45) is 5.41 Å². The second-order valence-electron chi connectivity index (χ2n) is 10.1. The second-order valence-corrected chi connectivity index (χ2v) is 11.0. The van der Waals surface area contributed by atoms with Gasteiger partial charge in [0.2, 0.25) is 0 Å². The van der Waals surface area contributed by atoms with Crippen molar-refractivity contribution in [3.8, 4) is 0 Å². The van der Waals surface area contributed by atoms with Crippen LogP contribution in [-0.2, 0) is 11.2 Å². The lowest BCUT2D eigenvalue weighted by molar-refractivity contribution is -0.0980. The first kappa shape index (κ1) is 34.0. The highest BCUT2D eigenvalue weighted by molar-refractivity contribution is 7.13. The van der Waals surface area contributed by atoms with E-state index in [0.29, 0.717) is 17.6 Å². The summed E-state index contributed by atoms with van der Waals surface area (Å²) < 4.78 is 14.0. The predicted molar refractivity (Wildman–Crippen MR) is 161 cm³/mol. The standard InChI is InChI=1S/C20H29FN2.C4H6N2S.C3H8O.C2H6.CH2O/c1-3-5-16-10-15(2)17(21)11-18(16)22-13-20-6-4-9-23(20)14-19(12-20)7-8-19;1-5-4-6-2-3-7-4;1-2-3-4;2*1-2/h10-11,22H,3-9,12-14H2,1-2H3;2-3H,1H3,(H,5,6);4H,2-3H2,1H3;1-2H3;1H2. The molecule has 5 rings (SSSR count). The molecule has 2 aliphatic heterocycles. The molecule has 3 N–H and O–H groups in total. The Labute approximate surface area is 234 Å². The molecule has 1 unspecified atom stereocenters. The molecule has 38 heavy (non-hydrogen) atoms. The van der Waals surface area contributed by atoms with E-state index in [2.05, 4.69) is 27.4 Å². The molecule has 0 radical (unpaired) electrons. The number of nitrogens with zero attached hydrogens (tertiary/aromatic N) is 2. The maximum atomic E-state index is 14.0. The topological polar surface area (TPSA) is 77.5 Å². The van der Waals surface area contributed by atoms with Crippen LogP contribution in [0.5, 0.6) is 0 Å². The largest absolute Gasteiger partial charge is 0.396 e. The number of aliphatic hydroxyl groups is 1. The van der Waals surface area contributed by atoms with Crippen molar-refractivity contribution in [1.82, 2.24) is 9.88 Å². The van der Waals surface area contributed by atoms with Crippen molar-refractivity contribution in [2.45, 2.75) is 91.5 Å². The zero-order valence-corrected chi connectivity index (χ0v) is 25.4. The van der Waals surface area contributed by atoms with E-state index in [0.717, 1.165) is 42.2 Å². The smallest absolute Gasteiger partial charge is 0.182 e. The van der Waals surface area contributed by atoms with Gasteiger partial charge in [0.05, 0.1) is 0 Å². The summed E-state index contributed by atoms with van der Waals surface area (Å²) in [6.45, 7) is 15.8. The van der Waals surface area contributed by atoms with Crippen molar-refractivity contribution >= 4 is 28.9 Å². The third kappa shape index (κ3) is 9.62. The average molecular weight is 551 g/mol. The number of hydrogen-bond donors (Lipinski definition) is 3. The van der Waals surface area contributed by atoms with E-state index in [9.17, 15) is 4.39 Å². The highest BCUT2D eigenvalue weighted by atomic mass is 32.1. The molecule has 3 heterocycles. The van der Waals surface area contributed by atoms with E-state index in [4.69, 9.17) is 9.90 Å². The first-order valence-corrected chi connectivity index (χ1v) is 15.0. The molecular formula is C30H51FN4O2S. The Morgan fingerprint density at radius 1 is 1.18 bits per heavy atom. The second kappa shape index (κ2) is 17.5. The van der Waals surface area contributed by atoms with Gasteiger partial charge in [-0.15, -0.1) is 11.3 Å². The number of aryl methyl sites for hydroxylation is 2. The quantitative estimate of drug-likeness (QED) is 0.347. The van der Waals surface area contributed by atoms with Crippen LogP contribution in [0.3, 0.4) is 0 Å². The van der Waals surface area contributed by atoms with Crippen molar-refractivity contribution in [2.75, 3.05) is 43.9 Å². The van der Waals surface area contributed by atoms with Gasteiger partial charge >= 0.3 is 0 Å². The van der Waals surface area contributed by atoms with E-state index in [1.165, 1.54) is 50.8 Å². The number of thiazole rings is 1. The van der Waals surface area contributed by atoms with Gasteiger partial charge < -0.3 is 20.5 Å². The molecule has 3 aliphatic rings. The van der Waals surface area contributed by atoms with Gasteiger partial charge in [0.15, 0.2) is 5.13 Å². The van der Waals surface area contributed by atoms with Crippen LogP contribution in [0.25, 0.3) is 0 Å². The number of nitrogens with one attached hydrogen (secondary N) is 2. The normalized spacial score (nSPS) is 19.8. The lowest BCUT2D eigenvalue weighted by Crippen LogP contribution is -2.44. The van der Waals surface area contributed by atoms with Crippen molar-refractivity contribution < 1.29 is 14.3 Å². The summed E-state index contributed by atoms with van der Waals surface area (Å²) in [6.07, 6.45) is 11.6. The lowest BCUT2D eigenvalue weighted by Gasteiger charge is -2.33. The van der Waals surface area contributed by atoms with Crippen LogP contribution in [-0.4, -0.2) is 60.6 Å². The minimum atomic E-state index is -0.0850. The highest BCUT2D eigenvalue weighted by Gasteiger charge is 2.59. The van der Waals surface area contributed by atoms with Crippen LogP contribution in [0.2, 0.25) is 0 Å². The molecule has 1 aliphatic carbocycles. The molecule has 1 saturated carbocycles. The maximum Gasteiger partial charge on any atom is 0.182 e. The molecule has 8 heteroatoms. The summed E-state index contributed by atoms with van der Waals surface area (Å²) in [5.41, 5.74) is 4.03. The average Bonchev–Trinajstić information content (AvgIpc) is 3.25. The van der Waals surface area contributed by atoms with E-state index < -0.39 is 0 Å². The molecule has 0 bridgehead atoms. The summed E-state index contributed by atoms with van der Waals surface area (Å²) in [7, 11) is 1.86. The van der Waals surface area contributed by atoms with E-state index >= 15 is 0 Å². The van der Waals surface area contributed by atoms with Crippen molar-refractivity contribution in [3.05, 3.63) is 40.7 Å². The van der Waals surface area contributed by atoms with Crippen LogP contribution < -0.4 is 10.6 Å². The molecule has 1 atom stereocenters. The molecule has 0 amide bonds. The van der Waals surface area contributed by atoms with E-state index in [1.807, 2.05) is 53.0 Å². The number of aliphatic hydroxyl groups excluding tert-OH is 1. The Balaban J connectivity index is 0.000000400. The zero-order chi connectivity index (χ0) is 28.6. The van der Waals surface area contributed by atoms with Crippen LogP contribution >= 0.6 is 11.3 Å². The van der Waals surface area contributed by atoms with Gasteiger partial charge in [0.25, 0.3) is 0 Å². The van der Waals surface area contributed by atoms with Crippen molar-refractivity contribution in [3.63, 3.8) is 0 Å². The number of benzene rings is 1. The lowest BCUT2D eigenvalue weighted by atomic mass is 9.88. The fourth-order valence-corrected chi connectivity index (χ4v) is 5.85. The zero-order valence-electron chi connectivity index (χ0n) is 24.5. The van der Waals surface area contributed by atoms with Gasteiger partial charge in [-0.25, -0.2) is 9.37 Å². The Bertz CT molecular complexity index is 906. The van der Waals surface area contributed by atoms with Crippen molar-refractivity contribution in [1.29, 1.82) is 0 Å². The molecule has 1 aromatic carbocycles. The summed E-state index contributed by atoms with van der Waals surface area (Å²) in [6, 6.07) is 3.75. The summed E-state index contributed by atoms with van der Waals surface area (Å²) in [5.74, 6) is -0.0850. The molecule has 1 aromatic heterocycles. The van der Waals surface area contributed by atoms with E-state index in [-0.39, 0.29) is 5.82 Å². The number of hydrogen-bond acceptors (Lipinski definition) is 7. The van der Waals surface area contributed by atoms with Gasteiger partial charge in [-0.1, -0.05) is 40.2 Å². The van der Waals surface area contributed by atoms with Crippen LogP contribution in [0, 0.1) is 18.2 Å². The number of aromatic nitrogens is 1. The maximum absolute atomic E-state index is 14.0. The molecule has 3 fully saturated rings. The Morgan fingerprint density at radius 3 is 2.37 bits per heavy atom. The number of carbonyl (C=O) groups excluding carboxylic acids is 1. The fraction of sp³-hybridized carbons (Fsp3) is 0.667. The Morgan fingerprint density at radius 2 is 1.87 bits per heavy atom. The summed E-state index contributed by atoms with van der Waals surface area (Å²) in [4.78, 5) is 14.7. The summed E-state index contributed by atoms with van der Waals surface area (Å²) >= 11 is 1.60. The Hall–Kier alpha value is -2.03.